The Morgan fingerprint density at radius 3 is 2.35 bits per heavy atom. The van der Waals surface area contributed by atoms with Gasteiger partial charge in [0.1, 0.15) is 6.07 Å². The third-order valence-electron chi connectivity index (χ3n) is 3.68. The molecule has 0 amide bonds. The topological polar surface area (TPSA) is 39.6 Å². The van der Waals surface area contributed by atoms with Crippen LogP contribution in [-0.2, 0) is 0 Å². The van der Waals surface area contributed by atoms with Crippen LogP contribution < -0.4 is 0 Å². The Morgan fingerprint density at radius 2 is 1.70 bits per heavy atom. The number of aromatic amines is 1. The molecule has 98 valence electrons. The van der Waals surface area contributed by atoms with Crippen molar-refractivity contribution in [1.82, 2.24) is 4.98 Å². The summed E-state index contributed by atoms with van der Waals surface area (Å²) < 4.78 is 0. The summed E-state index contributed by atoms with van der Waals surface area (Å²) in [7, 11) is 0. The van der Waals surface area contributed by atoms with E-state index < -0.39 is 0 Å². The first-order valence-corrected chi connectivity index (χ1v) is 6.82. The molecule has 0 aliphatic rings. The summed E-state index contributed by atoms with van der Waals surface area (Å²) in [5.74, 6) is 0.516. The van der Waals surface area contributed by atoms with Gasteiger partial charge >= 0.3 is 0 Å². The number of hydrogen-bond acceptors (Lipinski definition) is 1. The average Bonchev–Trinajstić information content (AvgIpc) is 2.85. The molecule has 3 rings (SSSR count). The normalized spacial score (nSPS) is 10.9. The lowest BCUT2D eigenvalue weighted by Crippen LogP contribution is -1.87. The van der Waals surface area contributed by atoms with Gasteiger partial charge in [0.25, 0.3) is 0 Å². The molecule has 0 saturated heterocycles. The number of rotatable bonds is 2. The van der Waals surface area contributed by atoms with Crippen LogP contribution in [0.15, 0.2) is 48.5 Å². The monoisotopic (exact) mass is 260 g/mol. The van der Waals surface area contributed by atoms with Crippen LogP contribution in [0, 0.1) is 11.3 Å². The molecule has 2 aromatic carbocycles. The molecule has 1 heterocycles. The van der Waals surface area contributed by atoms with Gasteiger partial charge in [-0.2, -0.15) is 5.26 Å². The van der Waals surface area contributed by atoms with Crippen molar-refractivity contribution >= 4 is 10.9 Å². The number of benzene rings is 2. The molecular weight excluding hydrogens is 244 g/mol. The van der Waals surface area contributed by atoms with Crippen LogP contribution in [-0.4, -0.2) is 4.98 Å². The van der Waals surface area contributed by atoms with E-state index in [0.717, 1.165) is 27.7 Å². The highest BCUT2D eigenvalue weighted by Gasteiger charge is 2.12. The number of nitrogens with one attached hydrogen (secondary N) is 1. The van der Waals surface area contributed by atoms with Crippen LogP contribution in [0.25, 0.3) is 22.2 Å². The number of nitrogens with zero attached hydrogens (tertiary/aromatic N) is 1. The Bertz CT molecular complexity index is 786. The van der Waals surface area contributed by atoms with Crippen molar-refractivity contribution in [1.29, 1.82) is 5.26 Å². The van der Waals surface area contributed by atoms with Crippen LogP contribution >= 0.6 is 0 Å². The molecule has 2 heteroatoms. The van der Waals surface area contributed by atoms with E-state index in [1.165, 1.54) is 5.56 Å². The Morgan fingerprint density at radius 1 is 1.00 bits per heavy atom. The minimum atomic E-state index is 0.516. The largest absolute Gasteiger partial charge is 0.353 e. The highest BCUT2D eigenvalue weighted by Crippen LogP contribution is 2.30. The van der Waals surface area contributed by atoms with E-state index in [0.29, 0.717) is 5.92 Å². The number of H-pyrrole nitrogens is 1. The zero-order valence-electron chi connectivity index (χ0n) is 11.6. The molecule has 0 unspecified atom stereocenters. The fourth-order valence-electron chi connectivity index (χ4n) is 2.51. The summed E-state index contributed by atoms with van der Waals surface area (Å²) >= 11 is 0. The average molecular weight is 260 g/mol. The number of para-hydroxylation sites is 1. The van der Waals surface area contributed by atoms with Gasteiger partial charge in [0.2, 0.25) is 0 Å². The van der Waals surface area contributed by atoms with Crippen molar-refractivity contribution in [2.75, 3.05) is 0 Å². The number of aromatic nitrogens is 1. The van der Waals surface area contributed by atoms with E-state index in [1.54, 1.807) is 0 Å². The predicted molar refractivity (Wildman–Crippen MR) is 82.5 cm³/mol. The lowest BCUT2D eigenvalue weighted by Gasteiger charge is -2.06. The SMILES string of the molecule is CC(C)c1ccc(-c2[nH]c3ccccc3c2C#N)cc1. The summed E-state index contributed by atoms with van der Waals surface area (Å²) in [6.07, 6.45) is 0. The van der Waals surface area contributed by atoms with E-state index in [-0.39, 0.29) is 0 Å². The first kappa shape index (κ1) is 12.5. The first-order valence-electron chi connectivity index (χ1n) is 6.82. The van der Waals surface area contributed by atoms with Crippen molar-refractivity contribution in [2.45, 2.75) is 19.8 Å². The van der Waals surface area contributed by atoms with Gasteiger partial charge in [-0.1, -0.05) is 56.3 Å². The van der Waals surface area contributed by atoms with Crippen LogP contribution in [0.1, 0.15) is 30.9 Å². The summed E-state index contributed by atoms with van der Waals surface area (Å²) in [4.78, 5) is 3.36. The van der Waals surface area contributed by atoms with Crippen molar-refractivity contribution in [2.24, 2.45) is 0 Å². The molecule has 0 bridgehead atoms. The zero-order chi connectivity index (χ0) is 14.1. The standard InChI is InChI=1S/C18H16N2/c1-12(2)13-7-9-14(10-8-13)18-16(11-19)15-5-3-4-6-17(15)20-18/h3-10,12,20H,1-2H3. The van der Waals surface area contributed by atoms with Gasteiger partial charge in [-0.3, -0.25) is 0 Å². The second-order valence-electron chi connectivity index (χ2n) is 5.31. The molecule has 3 aromatic rings. The predicted octanol–water partition coefficient (Wildman–Crippen LogP) is 4.83. The smallest absolute Gasteiger partial charge is 0.102 e. The molecule has 2 nitrogen and oxygen atoms in total. The fraction of sp³-hybridized carbons (Fsp3) is 0.167. The van der Waals surface area contributed by atoms with Gasteiger partial charge in [-0.05, 0) is 23.1 Å². The Hall–Kier alpha value is -2.53. The van der Waals surface area contributed by atoms with Crippen molar-refractivity contribution in [3.05, 3.63) is 59.7 Å². The lowest BCUT2D eigenvalue weighted by atomic mass is 9.99. The van der Waals surface area contributed by atoms with Crippen LogP contribution in [0.2, 0.25) is 0 Å². The Labute approximate surface area is 118 Å². The van der Waals surface area contributed by atoms with Gasteiger partial charge < -0.3 is 4.98 Å². The maximum absolute atomic E-state index is 9.44. The number of hydrogen-bond donors (Lipinski definition) is 1. The molecule has 20 heavy (non-hydrogen) atoms. The van der Waals surface area contributed by atoms with E-state index >= 15 is 0 Å². The van der Waals surface area contributed by atoms with Crippen molar-refractivity contribution in [3.63, 3.8) is 0 Å². The summed E-state index contributed by atoms with van der Waals surface area (Å²) in [6, 6.07) is 18.7. The molecule has 1 aromatic heterocycles. The molecule has 0 radical (unpaired) electrons. The first-order chi connectivity index (χ1) is 9.70. The maximum Gasteiger partial charge on any atom is 0.102 e. The minimum absolute atomic E-state index is 0.516. The highest BCUT2D eigenvalue weighted by atomic mass is 14.7. The second kappa shape index (κ2) is 4.86. The zero-order valence-corrected chi connectivity index (χ0v) is 11.6. The Balaban J connectivity index is 2.17. The lowest BCUT2D eigenvalue weighted by molar-refractivity contribution is 0.867. The van der Waals surface area contributed by atoms with E-state index in [1.807, 2.05) is 24.3 Å². The molecular formula is C18H16N2. The van der Waals surface area contributed by atoms with E-state index in [4.69, 9.17) is 0 Å². The van der Waals surface area contributed by atoms with Crippen LogP contribution in [0.3, 0.4) is 0 Å². The van der Waals surface area contributed by atoms with Crippen LogP contribution in [0.4, 0.5) is 0 Å². The summed E-state index contributed by atoms with van der Waals surface area (Å²) in [5.41, 5.74) is 5.00. The molecule has 0 fully saturated rings. The van der Waals surface area contributed by atoms with Gasteiger partial charge in [-0.25, -0.2) is 0 Å². The molecule has 0 spiro atoms. The van der Waals surface area contributed by atoms with Crippen molar-refractivity contribution < 1.29 is 0 Å². The van der Waals surface area contributed by atoms with Gasteiger partial charge in [0, 0.05) is 10.9 Å². The molecule has 0 aliphatic carbocycles. The maximum atomic E-state index is 9.44. The molecule has 0 saturated carbocycles. The van der Waals surface area contributed by atoms with Gasteiger partial charge in [0.05, 0.1) is 11.3 Å². The number of fused-ring (bicyclic) bond motifs is 1. The second-order valence-corrected chi connectivity index (χ2v) is 5.31. The fourth-order valence-corrected chi connectivity index (χ4v) is 2.51. The van der Waals surface area contributed by atoms with Gasteiger partial charge in [0.15, 0.2) is 0 Å². The quantitative estimate of drug-likeness (QED) is 0.704. The summed E-state index contributed by atoms with van der Waals surface area (Å²) in [6.45, 7) is 4.36. The number of nitriles is 1. The third kappa shape index (κ3) is 1.98. The minimum Gasteiger partial charge on any atom is -0.353 e. The van der Waals surface area contributed by atoms with Gasteiger partial charge in [-0.15, -0.1) is 0 Å². The molecule has 1 N–H and O–H groups in total. The molecule has 0 atom stereocenters. The molecule has 0 aliphatic heterocycles. The van der Waals surface area contributed by atoms with Crippen LogP contribution in [0.5, 0.6) is 0 Å². The highest BCUT2D eigenvalue weighted by molar-refractivity contribution is 5.93. The van der Waals surface area contributed by atoms with Crippen molar-refractivity contribution in [3.8, 4) is 17.3 Å². The van der Waals surface area contributed by atoms with E-state index in [9.17, 15) is 5.26 Å². The Kier molecular flexibility index (Phi) is 3.04. The summed E-state index contributed by atoms with van der Waals surface area (Å²) in [5, 5.41) is 10.4. The third-order valence-corrected chi connectivity index (χ3v) is 3.68. The van der Waals surface area contributed by atoms with E-state index in [2.05, 4.69) is 49.2 Å².